The summed E-state index contributed by atoms with van der Waals surface area (Å²) in [6, 6.07) is 4.33. The lowest BCUT2D eigenvalue weighted by Crippen LogP contribution is -2.37. The molecule has 0 aliphatic heterocycles. The summed E-state index contributed by atoms with van der Waals surface area (Å²) in [6.07, 6.45) is 1.24. The van der Waals surface area contributed by atoms with Crippen LogP contribution in [-0.2, 0) is 20.6 Å². The highest BCUT2D eigenvalue weighted by Crippen LogP contribution is 2.19. The highest BCUT2D eigenvalue weighted by atomic mass is 35.5. The van der Waals surface area contributed by atoms with Crippen molar-refractivity contribution in [2.45, 2.75) is 20.4 Å². The summed E-state index contributed by atoms with van der Waals surface area (Å²) in [7, 11) is 2.96. The van der Waals surface area contributed by atoms with E-state index in [1.165, 1.54) is 30.0 Å². The van der Waals surface area contributed by atoms with Crippen molar-refractivity contribution in [2.24, 2.45) is 25.1 Å². The molecule has 2 aromatic heterocycles. The lowest BCUT2D eigenvalue weighted by Gasteiger charge is -2.11. The maximum atomic E-state index is 13.9. The van der Waals surface area contributed by atoms with Crippen LogP contribution in [0.5, 0.6) is 0 Å². The second kappa shape index (κ2) is 7.59. The number of hydrogen-bond donors (Lipinski definition) is 1. The van der Waals surface area contributed by atoms with E-state index in [9.17, 15) is 14.0 Å². The molecule has 0 radical (unpaired) electrons. The molecule has 0 amide bonds. The molecule has 0 bridgehead atoms. The summed E-state index contributed by atoms with van der Waals surface area (Å²) in [5.74, 6) is -0.0411. The zero-order chi connectivity index (χ0) is 20.6. The lowest BCUT2D eigenvalue weighted by molar-refractivity contribution is 0.534. The lowest BCUT2D eigenvalue weighted by atomic mass is 10.2. The van der Waals surface area contributed by atoms with Crippen LogP contribution >= 0.6 is 11.6 Å². The molecule has 0 saturated carbocycles. The Bertz CT molecular complexity index is 1170. The summed E-state index contributed by atoms with van der Waals surface area (Å²) in [6.45, 7) is 4.46. The van der Waals surface area contributed by atoms with Gasteiger partial charge in [-0.1, -0.05) is 31.5 Å². The van der Waals surface area contributed by atoms with Crippen LogP contribution in [0.3, 0.4) is 0 Å². The average Bonchev–Trinajstić information content (AvgIpc) is 2.98. The molecule has 0 saturated heterocycles. The van der Waals surface area contributed by atoms with Gasteiger partial charge in [0.25, 0.3) is 5.56 Å². The van der Waals surface area contributed by atoms with Gasteiger partial charge in [0, 0.05) is 26.2 Å². The van der Waals surface area contributed by atoms with Gasteiger partial charge in [0.05, 0.1) is 11.2 Å². The summed E-state index contributed by atoms with van der Waals surface area (Å²) < 4.78 is 17.9. The van der Waals surface area contributed by atoms with Gasteiger partial charge in [-0.15, -0.1) is 0 Å². The molecule has 3 rings (SSSR count). The Balaban J connectivity index is 2.11. The monoisotopic (exact) mass is 406 g/mol. The normalized spacial score (nSPS) is 11.8. The largest absolute Gasteiger partial charge is 0.332 e. The van der Waals surface area contributed by atoms with Crippen molar-refractivity contribution >= 4 is 34.9 Å². The van der Waals surface area contributed by atoms with Crippen LogP contribution in [0.15, 0.2) is 32.9 Å². The summed E-state index contributed by atoms with van der Waals surface area (Å²) in [4.78, 5) is 29.2. The molecule has 0 spiro atoms. The topological polar surface area (TPSA) is 86.2 Å². The first-order chi connectivity index (χ1) is 13.2. The number of hydrogen-bond acceptors (Lipinski definition) is 5. The van der Waals surface area contributed by atoms with Crippen LogP contribution in [-0.4, -0.2) is 24.9 Å². The van der Waals surface area contributed by atoms with Crippen molar-refractivity contribution in [2.75, 3.05) is 5.43 Å². The van der Waals surface area contributed by atoms with Crippen LogP contribution in [0.4, 0.5) is 10.3 Å². The first-order valence-corrected chi connectivity index (χ1v) is 8.99. The molecule has 0 fully saturated rings. The molecule has 28 heavy (non-hydrogen) atoms. The molecule has 1 aromatic carbocycles. The van der Waals surface area contributed by atoms with Gasteiger partial charge < -0.3 is 4.57 Å². The van der Waals surface area contributed by atoms with Crippen molar-refractivity contribution < 1.29 is 4.39 Å². The molecule has 2 heterocycles. The Hall–Kier alpha value is -2.94. The molecule has 0 unspecified atom stereocenters. The van der Waals surface area contributed by atoms with Crippen LogP contribution in [0.25, 0.3) is 11.2 Å². The average molecular weight is 407 g/mol. The number of anilines is 1. The van der Waals surface area contributed by atoms with Gasteiger partial charge >= 0.3 is 5.69 Å². The number of aromatic nitrogens is 4. The molecule has 10 heteroatoms. The standard InChI is InChI=1S/C18H20ClFN6O2/c1-10(2)9-26-14-15(24(3)18(28)25(4)16(14)27)22-17(26)23-21-8-11-12(19)6-5-7-13(11)20/h5-8,10H,9H2,1-4H3,(H,22,23)/b21-8+. The molecule has 0 atom stereocenters. The molecule has 8 nitrogen and oxygen atoms in total. The predicted molar refractivity (Wildman–Crippen MR) is 108 cm³/mol. The summed E-state index contributed by atoms with van der Waals surface area (Å²) in [5.41, 5.74) is 2.49. The Morgan fingerprint density at radius 1 is 1.29 bits per heavy atom. The molecule has 0 aliphatic carbocycles. The zero-order valence-corrected chi connectivity index (χ0v) is 16.7. The third-order valence-corrected chi connectivity index (χ3v) is 4.58. The van der Waals surface area contributed by atoms with Crippen LogP contribution in [0, 0.1) is 11.7 Å². The molecular formula is C18H20ClFN6O2. The predicted octanol–water partition coefficient (Wildman–Crippen LogP) is 2.33. The van der Waals surface area contributed by atoms with E-state index in [2.05, 4.69) is 15.5 Å². The van der Waals surface area contributed by atoms with Gasteiger partial charge in [-0.25, -0.2) is 14.6 Å². The van der Waals surface area contributed by atoms with Crippen molar-refractivity contribution in [3.8, 4) is 0 Å². The molecule has 0 aliphatic rings. The molecule has 3 aromatic rings. The SMILES string of the molecule is CC(C)Cn1c(N/N=C/c2c(F)cccc2Cl)nc2c1c(=O)n(C)c(=O)n2C. The first kappa shape index (κ1) is 19.8. The van der Waals surface area contributed by atoms with E-state index in [1.807, 2.05) is 13.8 Å². The number of nitrogens with zero attached hydrogens (tertiary/aromatic N) is 5. The van der Waals surface area contributed by atoms with Crippen LogP contribution in [0.1, 0.15) is 19.4 Å². The van der Waals surface area contributed by atoms with Crippen LogP contribution < -0.4 is 16.7 Å². The minimum Gasteiger partial charge on any atom is -0.303 e. The zero-order valence-electron chi connectivity index (χ0n) is 15.9. The highest BCUT2D eigenvalue weighted by Gasteiger charge is 2.19. The second-order valence-corrected chi connectivity index (χ2v) is 7.23. The highest BCUT2D eigenvalue weighted by molar-refractivity contribution is 6.33. The Morgan fingerprint density at radius 2 is 2.00 bits per heavy atom. The smallest absolute Gasteiger partial charge is 0.303 e. The van der Waals surface area contributed by atoms with E-state index in [0.29, 0.717) is 12.1 Å². The number of imidazole rings is 1. The quantitative estimate of drug-likeness (QED) is 0.520. The first-order valence-electron chi connectivity index (χ1n) is 8.61. The Morgan fingerprint density at radius 3 is 2.64 bits per heavy atom. The van der Waals surface area contributed by atoms with Crippen molar-refractivity contribution in [3.05, 3.63) is 55.4 Å². The second-order valence-electron chi connectivity index (χ2n) is 6.82. The van der Waals surface area contributed by atoms with Gasteiger partial charge in [0.15, 0.2) is 11.2 Å². The number of benzene rings is 1. The summed E-state index contributed by atoms with van der Waals surface area (Å²) >= 11 is 5.99. The van der Waals surface area contributed by atoms with Crippen molar-refractivity contribution in [1.82, 2.24) is 18.7 Å². The molecular weight excluding hydrogens is 387 g/mol. The van der Waals surface area contributed by atoms with Gasteiger partial charge in [-0.3, -0.25) is 13.9 Å². The minimum absolute atomic E-state index is 0.131. The third kappa shape index (κ3) is 3.45. The van der Waals surface area contributed by atoms with Crippen molar-refractivity contribution in [1.29, 1.82) is 0 Å². The number of nitrogens with one attached hydrogen (secondary N) is 1. The van der Waals surface area contributed by atoms with Gasteiger partial charge in [-0.2, -0.15) is 10.1 Å². The van der Waals surface area contributed by atoms with Crippen molar-refractivity contribution in [3.63, 3.8) is 0 Å². The van der Waals surface area contributed by atoms with E-state index in [0.717, 1.165) is 4.57 Å². The molecule has 148 valence electrons. The maximum Gasteiger partial charge on any atom is 0.332 e. The van der Waals surface area contributed by atoms with Gasteiger partial charge in [0.2, 0.25) is 5.95 Å². The van der Waals surface area contributed by atoms with Gasteiger partial charge in [0.1, 0.15) is 5.82 Å². The number of hydrazone groups is 1. The minimum atomic E-state index is -0.509. The fraction of sp³-hybridized carbons (Fsp3) is 0.333. The van der Waals surface area contributed by atoms with Crippen LogP contribution in [0.2, 0.25) is 5.02 Å². The van der Waals surface area contributed by atoms with E-state index < -0.39 is 17.1 Å². The van der Waals surface area contributed by atoms with E-state index >= 15 is 0 Å². The third-order valence-electron chi connectivity index (χ3n) is 4.25. The maximum absolute atomic E-state index is 13.9. The fourth-order valence-corrected chi connectivity index (χ4v) is 3.08. The number of rotatable bonds is 5. The van der Waals surface area contributed by atoms with E-state index in [4.69, 9.17) is 11.6 Å². The van der Waals surface area contributed by atoms with E-state index in [-0.39, 0.29) is 28.1 Å². The molecule has 1 N–H and O–H groups in total. The Kier molecular flexibility index (Phi) is 5.37. The van der Waals surface area contributed by atoms with E-state index in [1.54, 1.807) is 17.7 Å². The fourth-order valence-electron chi connectivity index (χ4n) is 2.86. The Labute approximate surface area is 164 Å². The number of halogens is 2. The summed E-state index contributed by atoms with van der Waals surface area (Å²) in [5, 5.41) is 4.24. The van der Waals surface area contributed by atoms with Gasteiger partial charge in [-0.05, 0) is 18.1 Å². The number of fused-ring (bicyclic) bond motifs is 1. The number of aryl methyl sites for hydroxylation is 1.